The van der Waals surface area contributed by atoms with Gasteiger partial charge < -0.3 is 4.74 Å². The van der Waals surface area contributed by atoms with Crippen LogP contribution in [0.3, 0.4) is 0 Å². The number of benzene rings is 3. The number of carbonyl (C=O) groups excluding carboxylic acids is 1. The van der Waals surface area contributed by atoms with E-state index in [9.17, 15) is 4.79 Å². The molecule has 1 unspecified atom stereocenters. The van der Waals surface area contributed by atoms with Crippen molar-refractivity contribution in [1.82, 2.24) is 10.3 Å². The summed E-state index contributed by atoms with van der Waals surface area (Å²) in [5.41, 5.74) is 1.41. The molecule has 0 aromatic heterocycles. The Morgan fingerprint density at radius 2 is 1.88 bits per heavy atom. The third-order valence-electron chi connectivity index (χ3n) is 5.91. The summed E-state index contributed by atoms with van der Waals surface area (Å²) in [7, 11) is 1.66. The second-order valence-electron chi connectivity index (χ2n) is 8.03. The number of carbonyl (C=O) groups is 1. The van der Waals surface area contributed by atoms with E-state index in [4.69, 9.17) is 14.8 Å². The number of rotatable bonds is 6. The second kappa shape index (κ2) is 9.27. The molecule has 1 N–H and O–H groups in total. The van der Waals surface area contributed by atoms with Crippen molar-refractivity contribution in [2.24, 2.45) is 10.1 Å². The molecule has 0 aliphatic carbocycles. The van der Waals surface area contributed by atoms with Gasteiger partial charge in [0.1, 0.15) is 11.4 Å². The Morgan fingerprint density at radius 3 is 2.73 bits per heavy atom. The number of fused-ring (bicyclic) bond motifs is 3. The minimum Gasteiger partial charge on any atom is -0.496 e. The summed E-state index contributed by atoms with van der Waals surface area (Å²) in [5, 5.41) is 13.9. The van der Waals surface area contributed by atoms with Crippen LogP contribution in [-0.4, -0.2) is 28.9 Å². The highest BCUT2D eigenvalue weighted by Gasteiger charge is 2.36. The van der Waals surface area contributed by atoms with Crippen molar-refractivity contribution in [2.45, 2.75) is 32.4 Å². The first-order valence-electron chi connectivity index (χ1n) is 11.3. The summed E-state index contributed by atoms with van der Waals surface area (Å²) < 4.78 is 5.77. The third kappa shape index (κ3) is 3.97. The standard InChI is InChI=1S/C26H26N4O2S/c1-3-4-9-16-33-26-28-25(31)23-19-12-7-8-13-20(19)27-24(30(23)29-26)22-18-11-6-5-10-17(18)14-15-21(22)32-2/h5-8,10-15,24H,3-4,9,16H2,1-2H3,(H,28,29,31). The van der Waals surface area contributed by atoms with E-state index in [1.54, 1.807) is 23.9 Å². The molecule has 2 aliphatic rings. The smallest absolute Gasteiger partial charge is 0.276 e. The number of nitrogens with one attached hydrogen (secondary N) is 1. The van der Waals surface area contributed by atoms with Crippen molar-refractivity contribution in [3.05, 3.63) is 76.8 Å². The van der Waals surface area contributed by atoms with Gasteiger partial charge in [-0.1, -0.05) is 80.1 Å². The number of amidine groups is 1. The van der Waals surface area contributed by atoms with E-state index in [1.165, 1.54) is 0 Å². The molecule has 0 saturated heterocycles. The van der Waals surface area contributed by atoms with Crippen LogP contribution in [0.2, 0.25) is 0 Å². The monoisotopic (exact) mass is 458 g/mol. The predicted octanol–water partition coefficient (Wildman–Crippen LogP) is 3.91. The Kier molecular flexibility index (Phi) is 6.05. The number of hydrazone groups is 1. The zero-order valence-corrected chi connectivity index (χ0v) is 19.6. The number of ether oxygens (including phenoxy) is 1. The molecule has 33 heavy (non-hydrogen) atoms. The Bertz CT molecular complexity index is 1370. The van der Waals surface area contributed by atoms with Crippen LogP contribution in [0.4, 0.5) is 0 Å². The summed E-state index contributed by atoms with van der Waals surface area (Å²) in [6, 6.07) is 19.9. The molecular weight excluding hydrogens is 432 g/mol. The minimum absolute atomic E-state index is 0.158. The molecule has 168 valence electrons. The predicted molar refractivity (Wildman–Crippen MR) is 133 cm³/mol. The fourth-order valence-electron chi connectivity index (χ4n) is 4.32. The molecule has 1 atom stereocenters. The molecule has 0 radical (unpaired) electrons. The molecule has 1 amide bonds. The topological polar surface area (TPSA) is 66.3 Å². The van der Waals surface area contributed by atoms with Crippen LogP contribution in [0.1, 0.15) is 37.9 Å². The van der Waals surface area contributed by atoms with Gasteiger partial charge in [-0.25, -0.2) is 5.01 Å². The highest BCUT2D eigenvalue weighted by Crippen LogP contribution is 2.40. The highest BCUT2D eigenvalue weighted by atomic mass is 32.2. The Morgan fingerprint density at radius 1 is 1.06 bits per heavy atom. The Hall–Kier alpha value is -3.32. The number of hydrogen-bond donors (Lipinski definition) is 1. The van der Waals surface area contributed by atoms with Gasteiger partial charge in [0.25, 0.3) is 5.91 Å². The Balaban J connectivity index is 1.69. The zero-order valence-electron chi connectivity index (χ0n) is 18.7. The van der Waals surface area contributed by atoms with Crippen molar-refractivity contribution in [1.29, 1.82) is 0 Å². The summed E-state index contributed by atoms with van der Waals surface area (Å²) in [4.78, 5) is 18.4. The molecule has 2 heterocycles. The van der Waals surface area contributed by atoms with Crippen LogP contribution in [-0.2, 0) is 4.79 Å². The molecule has 5 rings (SSSR count). The van der Waals surface area contributed by atoms with Gasteiger partial charge in [0.2, 0.25) is 0 Å². The van der Waals surface area contributed by atoms with Crippen molar-refractivity contribution in [3.8, 4) is 5.75 Å². The van der Waals surface area contributed by atoms with Crippen molar-refractivity contribution in [3.63, 3.8) is 0 Å². The number of hydrogen-bond acceptors (Lipinski definition) is 6. The quantitative estimate of drug-likeness (QED) is 0.569. The minimum atomic E-state index is -0.520. The maximum absolute atomic E-state index is 13.3. The van der Waals surface area contributed by atoms with Crippen molar-refractivity contribution in [2.75, 3.05) is 12.9 Å². The summed E-state index contributed by atoms with van der Waals surface area (Å²) in [6.45, 7) is 2.18. The van der Waals surface area contributed by atoms with E-state index in [0.717, 1.165) is 57.7 Å². The summed E-state index contributed by atoms with van der Waals surface area (Å²) in [6.07, 6.45) is 2.88. The number of thioether (sulfide) groups is 1. The van der Waals surface area contributed by atoms with Gasteiger partial charge in [-0.15, -0.1) is 5.10 Å². The second-order valence-corrected chi connectivity index (χ2v) is 9.11. The normalized spacial score (nSPS) is 17.1. The molecule has 3 aromatic carbocycles. The number of para-hydroxylation sites is 1. The number of nitrogens with zero attached hydrogens (tertiary/aromatic N) is 3. The Labute approximate surface area is 197 Å². The van der Waals surface area contributed by atoms with E-state index in [1.807, 2.05) is 48.5 Å². The molecule has 0 bridgehead atoms. The molecule has 2 aliphatic heterocycles. The molecule has 3 aromatic rings. The van der Waals surface area contributed by atoms with Crippen LogP contribution < -0.4 is 20.6 Å². The van der Waals surface area contributed by atoms with Gasteiger partial charge in [-0.2, -0.15) is 0 Å². The first kappa shape index (κ1) is 21.5. The van der Waals surface area contributed by atoms with E-state index >= 15 is 0 Å². The van der Waals surface area contributed by atoms with Gasteiger partial charge in [0.05, 0.1) is 12.5 Å². The molecule has 0 fully saturated rings. The van der Waals surface area contributed by atoms with Gasteiger partial charge >= 0.3 is 0 Å². The zero-order chi connectivity index (χ0) is 22.8. The van der Waals surface area contributed by atoms with Crippen molar-refractivity contribution >= 4 is 39.3 Å². The average molecular weight is 459 g/mol. The number of unbranched alkanes of at least 4 members (excludes halogenated alkanes) is 2. The summed E-state index contributed by atoms with van der Waals surface area (Å²) in [5.74, 6) is 1.47. The molecular formula is C26H26N4O2S. The lowest BCUT2D eigenvalue weighted by Crippen LogP contribution is -2.50. The largest absolute Gasteiger partial charge is 0.496 e. The van der Waals surface area contributed by atoms with E-state index in [-0.39, 0.29) is 5.91 Å². The molecule has 0 saturated carbocycles. The SMILES string of the molecule is CCCCCSC1=NN2C(=c3ccccc3=NC2c2c(OC)ccc3ccccc23)C(=O)N1. The van der Waals surface area contributed by atoms with Crippen LogP contribution in [0, 0.1) is 0 Å². The number of amides is 1. The van der Waals surface area contributed by atoms with Gasteiger partial charge in [0, 0.05) is 16.5 Å². The van der Waals surface area contributed by atoms with E-state index < -0.39 is 6.17 Å². The van der Waals surface area contributed by atoms with Crippen molar-refractivity contribution < 1.29 is 9.53 Å². The molecule has 7 heteroatoms. The van der Waals surface area contributed by atoms with Crippen LogP contribution >= 0.6 is 11.8 Å². The van der Waals surface area contributed by atoms with Crippen LogP contribution in [0.15, 0.2) is 70.8 Å². The lowest BCUT2D eigenvalue weighted by Gasteiger charge is -2.35. The van der Waals surface area contributed by atoms with E-state index in [0.29, 0.717) is 10.9 Å². The average Bonchev–Trinajstić information content (AvgIpc) is 2.85. The molecule has 6 nitrogen and oxygen atoms in total. The first-order chi connectivity index (χ1) is 16.2. The van der Waals surface area contributed by atoms with Crippen LogP contribution in [0.5, 0.6) is 5.75 Å². The fraction of sp³-hybridized carbons (Fsp3) is 0.269. The first-order valence-corrected chi connectivity index (χ1v) is 12.2. The fourth-order valence-corrected chi connectivity index (χ4v) is 5.17. The summed E-state index contributed by atoms with van der Waals surface area (Å²) >= 11 is 1.58. The van der Waals surface area contributed by atoms with Gasteiger partial charge in [0.15, 0.2) is 11.3 Å². The maximum Gasteiger partial charge on any atom is 0.276 e. The van der Waals surface area contributed by atoms with E-state index in [2.05, 4.69) is 24.4 Å². The number of methoxy groups -OCH3 is 1. The van der Waals surface area contributed by atoms with Gasteiger partial charge in [-0.05, 0) is 29.3 Å². The van der Waals surface area contributed by atoms with Gasteiger partial charge in [-0.3, -0.25) is 15.1 Å². The highest BCUT2D eigenvalue weighted by molar-refractivity contribution is 8.13. The lowest BCUT2D eigenvalue weighted by atomic mass is 9.99. The lowest BCUT2D eigenvalue weighted by molar-refractivity contribution is -0.116. The third-order valence-corrected chi connectivity index (χ3v) is 6.86. The maximum atomic E-state index is 13.3. The molecule has 0 spiro atoms. The van der Waals surface area contributed by atoms with Crippen LogP contribution in [0.25, 0.3) is 16.5 Å².